The Morgan fingerprint density at radius 2 is 1.62 bits per heavy atom. The van der Waals surface area contributed by atoms with Gasteiger partial charge < -0.3 is 20.3 Å². The van der Waals surface area contributed by atoms with Crippen LogP contribution in [0, 0.1) is 0 Å². The standard InChI is InChI=1S/C18H27N3O3/c22-17(21-13-6-1-2-7-14-21)10-11-19-18(23)20-12-15-24-16-8-4-3-5-9-16/h3-5,8-9H,1-2,6-7,10-15H2,(H2,19,20,23). The van der Waals surface area contributed by atoms with E-state index in [-0.39, 0.29) is 11.9 Å². The molecule has 1 heterocycles. The molecule has 1 fully saturated rings. The minimum Gasteiger partial charge on any atom is -0.492 e. The number of amides is 3. The molecule has 0 aromatic heterocycles. The van der Waals surface area contributed by atoms with Crippen LogP contribution in [0.4, 0.5) is 4.79 Å². The molecule has 1 aliphatic heterocycles. The molecule has 0 radical (unpaired) electrons. The number of carbonyl (C=O) groups excluding carboxylic acids is 2. The lowest BCUT2D eigenvalue weighted by molar-refractivity contribution is -0.131. The van der Waals surface area contributed by atoms with E-state index >= 15 is 0 Å². The number of hydrogen-bond donors (Lipinski definition) is 2. The second kappa shape index (κ2) is 10.5. The van der Waals surface area contributed by atoms with E-state index in [4.69, 9.17) is 4.74 Å². The van der Waals surface area contributed by atoms with Crippen LogP contribution in [0.15, 0.2) is 30.3 Å². The van der Waals surface area contributed by atoms with Crippen LogP contribution in [0.3, 0.4) is 0 Å². The fourth-order valence-corrected chi connectivity index (χ4v) is 2.67. The van der Waals surface area contributed by atoms with Gasteiger partial charge in [0.15, 0.2) is 0 Å². The zero-order chi connectivity index (χ0) is 17.0. The van der Waals surface area contributed by atoms with Crippen LogP contribution in [0.5, 0.6) is 5.75 Å². The highest BCUT2D eigenvalue weighted by Crippen LogP contribution is 2.10. The van der Waals surface area contributed by atoms with Crippen LogP contribution in [0.25, 0.3) is 0 Å². The molecule has 2 N–H and O–H groups in total. The second-order valence-electron chi connectivity index (χ2n) is 5.89. The first kappa shape index (κ1) is 18.1. The van der Waals surface area contributed by atoms with Gasteiger partial charge in [-0.3, -0.25) is 4.79 Å². The summed E-state index contributed by atoms with van der Waals surface area (Å²) in [4.78, 5) is 25.7. The Balaban J connectivity index is 1.52. The summed E-state index contributed by atoms with van der Waals surface area (Å²) in [6, 6.07) is 9.19. The summed E-state index contributed by atoms with van der Waals surface area (Å²) < 4.78 is 5.49. The molecular weight excluding hydrogens is 306 g/mol. The number of urea groups is 1. The van der Waals surface area contributed by atoms with Crippen LogP contribution in [-0.4, -0.2) is 49.6 Å². The third-order valence-corrected chi connectivity index (χ3v) is 3.98. The van der Waals surface area contributed by atoms with Crippen molar-refractivity contribution < 1.29 is 14.3 Å². The van der Waals surface area contributed by atoms with Crippen molar-refractivity contribution in [2.75, 3.05) is 32.8 Å². The van der Waals surface area contributed by atoms with E-state index in [9.17, 15) is 9.59 Å². The summed E-state index contributed by atoms with van der Waals surface area (Å²) >= 11 is 0. The van der Waals surface area contributed by atoms with Crippen molar-refractivity contribution in [3.8, 4) is 5.75 Å². The number of rotatable bonds is 7. The van der Waals surface area contributed by atoms with Gasteiger partial charge in [-0.2, -0.15) is 0 Å². The van der Waals surface area contributed by atoms with E-state index < -0.39 is 0 Å². The molecule has 0 spiro atoms. The van der Waals surface area contributed by atoms with Gasteiger partial charge in [0.2, 0.25) is 5.91 Å². The predicted octanol–water partition coefficient (Wildman–Crippen LogP) is 2.16. The van der Waals surface area contributed by atoms with E-state index in [2.05, 4.69) is 10.6 Å². The van der Waals surface area contributed by atoms with Gasteiger partial charge in [0, 0.05) is 26.1 Å². The molecule has 6 nitrogen and oxygen atoms in total. The Morgan fingerprint density at radius 1 is 0.958 bits per heavy atom. The highest BCUT2D eigenvalue weighted by molar-refractivity contribution is 5.78. The first-order valence-corrected chi connectivity index (χ1v) is 8.73. The Labute approximate surface area is 143 Å². The SMILES string of the molecule is O=C(NCCOc1ccccc1)NCCC(=O)N1CCCCCC1. The summed E-state index contributed by atoms with van der Waals surface area (Å²) in [6.07, 6.45) is 4.93. The second-order valence-corrected chi connectivity index (χ2v) is 5.89. The van der Waals surface area contributed by atoms with Crippen LogP contribution in [-0.2, 0) is 4.79 Å². The van der Waals surface area contributed by atoms with Crippen LogP contribution >= 0.6 is 0 Å². The molecular formula is C18H27N3O3. The molecule has 1 aromatic carbocycles. The van der Waals surface area contributed by atoms with E-state index in [1.807, 2.05) is 35.2 Å². The van der Waals surface area contributed by atoms with Crippen LogP contribution in [0.1, 0.15) is 32.1 Å². The quantitative estimate of drug-likeness (QED) is 0.751. The van der Waals surface area contributed by atoms with Crippen molar-refractivity contribution in [2.24, 2.45) is 0 Å². The van der Waals surface area contributed by atoms with E-state index in [0.29, 0.717) is 26.1 Å². The summed E-state index contributed by atoms with van der Waals surface area (Å²) in [5, 5.41) is 5.43. The number of ether oxygens (including phenoxy) is 1. The molecule has 0 atom stereocenters. The number of nitrogens with zero attached hydrogens (tertiary/aromatic N) is 1. The molecule has 2 rings (SSSR count). The van der Waals surface area contributed by atoms with Crippen molar-refractivity contribution in [1.82, 2.24) is 15.5 Å². The number of benzene rings is 1. The zero-order valence-corrected chi connectivity index (χ0v) is 14.1. The smallest absolute Gasteiger partial charge is 0.314 e. The van der Waals surface area contributed by atoms with E-state index in [1.165, 1.54) is 12.8 Å². The molecule has 6 heteroatoms. The lowest BCUT2D eigenvalue weighted by Crippen LogP contribution is -2.40. The third-order valence-electron chi connectivity index (χ3n) is 3.98. The first-order chi connectivity index (χ1) is 11.8. The van der Waals surface area contributed by atoms with Crippen molar-refractivity contribution in [2.45, 2.75) is 32.1 Å². The summed E-state index contributed by atoms with van der Waals surface area (Å²) in [7, 11) is 0. The number of carbonyl (C=O) groups is 2. The van der Waals surface area contributed by atoms with E-state index in [0.717, 1.165) is 31.7 Å². The maximum absolute atomic E-state index is 12.1. The van der Waals surface area contributed by atoms with Gasteiger partial charge in [-0.05, 0) is 25.0 Å². The van der Waals surface area contributed by atoms with Gasteiger partial charge in [-0.15, -0.1) is 0 Å². The monoisotopic (exact) mass is 333 g/mol. The number of nitrogens with one attached hydrogen (secondary N) is 2. The molecule has 24 heavy (non-hydrogen) atoms. The van der Waals surface area contributed by atoms with Gasteiger partial charge in [0.1, 0.15) is 12.4 Å². The average molecular weight is 333 g/mol. The molecule has 132 valence electrons. The molecule has 1 aliphatic rings. The van der Waals surface area contributed by atoms with Crippen LogP contribution < -0.4 is 15.4 Å². The predicted molar refractivity (Wildman–Crippen MR) is 93.0 cm³/mol. The Kier molecular flexibility index (Phi) is 7.93. The van der Waals surface area contributed by atoms with Gasteiger partial charge in [-0.25, -0.2) is 4.79 Å². The van der Waals surface area contributed by atoms with Gasteiger partial charge in [0.25, 0.3) is 0 Å². The lowest BCUT2D eigenvalue weighted by Gasteiger charge is -2.20. The minimum atomic E-state index is -0.268. The fourth-order valence-electron chi connectivity index (χ4n) is 2.67. The maximum Gasteiger partial charge on any atom is 0.314 e. The molecule has 0 aliphatic carbocycles. The fraction of sp³-hybridized carbons (Fsp3) is 0.556. The summed E-state index contributed by atoms with van der Waals surface area (Å²) in [5.74, 6) is 0.910. The highest BCUT2D eigenvalue weighted by Gasteiger charge is 2.15. The molecule has 3 amide bonds. The largest absolute Gasteiger partial charge is 0.492 e. The first-order valence-electron chi connectivity index (χ1n) is 8.73. The third kappa shape index (κ3) is 6.89. The van der Waals surface area contributed by atoms with Crippen molar-refractivity contribution >= 4 is 11.9 Å². The van der Waals surface area contributed by atoms with Gasteiger partial charge >= 0.3 is 6.03 Å². The Bertz CT molecular complexity index is 499. The number of hydrogen-bond acceptors (Lipinski definition) is 3. The highest BCUT2D eigenvalue weighted by atomic mass is 16.5. The Morgan fingerprint density at radius 3 is 2.33 bits per heavy atom. The average Bonchev–Trinajstić information content (AvgIpc) is 2.89. The molecule has 0 saturated carbocycles. The van der Waals surface area contributed by atoms with E-state index in [1.54, 1.807) is 0 Å². The number of para-hydroxylation sites is 1. The van der Waals surface area contributed by atoms with Gasteiger partial charge in [0.05, 0.1) is 6.54 Å². The number of likely N-dealkylation sites (tertiary alicyclic amines) is 1. The molecule has 0 unspecified atom stereocenters. The van der Waals surface area contributed by atoms with Gasteiger partial charge in [-0.1, -0.05) is 31.0 Å². The topological polar surface area (TPSA) is 70.7 Å². The van der Waals surface area contributed by atoms with Crippen LogP contribution in [0.2, 0.25) is 0 Å². The van der Waals surface area contributed by atoms with Crippen molar-refractivity contribution in [3.05, 3.63) is 30.3 Å². The normalized spacial score (nSPS) is 14.6. The van der Waals surface area contributed by atoms with Crippen molar-refractivity contribution in [3.63, 3.8) is 0 Å². The van der Waals surface area contributed by atoms with Crippen molar-refractivity contribution in [1.29, 1.82) is 0 Å². The summed E-state index contributed by atoms with van der Waals surface area (Å²) in [5.41, 5.74) is 0. The molecule has 1 aromatic rings. The Hall–Kier alpha value is -2.24. The maximum atomic E-state index is 12.1. The minimum absolute atomic E-state index is 0.129. The lowest BCUT2D eigenvalue weighted by atomic mass is 10.2. The molecule has 1 saturated heterocycles. The molecule has 0 bridgehead atoms. The zero-order valence-electron chi connectivity index (χ0n) is 14.1. The summed E-state index contributed by atoms with van der Waals surface area (Å²) in [6.45, 7) is 2.88.